The summed E-state index contributed by atoms with van der Waals surface area (Å²) in [5.74, 6) is -1.40. The summed E-state index contributed by atoms with van der Waals surface area (Å²) in [6, 6.07) is 9.72. The minimum absolute atomic E-state index is 0.0458. The van der Waals surface area contributed by atoms with Gasteiger partial charge in [0.25, 0.3) is 0 Å². The molecular weight excluding hydrogens is 268 g/mol. The molecular formula is C16H24N2O3. The van der Waals surface area contributed by atoms with Crippen molar-refractivity contribution in [1.82, 2.24) is 10.6 Å². The second-order valence-corrected chi connectivity index (χ2v) is 5.79. The van der Waals surface area contributed by atoms with Crippen LogP contribution in [0.15, 0.2) is 30.3 Å². The van der Waals surface area contributed by atoms with Crippen molar-refractivity contribution in [3.05, 3.63) is 35.9 Å². The third-order valence-electron chi connectivity index (χ3n) is 3.05. The highest BCUT2D eigenvalue weighted by Gasteiger charge is 2.23. The summed E-state index contributed by atoms with van der Waals surface area (Å²) in [5, 5.41) is 15.2. The van der Waals surface area contributed by atoms with Gasteiger partial charge in [0.2, 0.25) is 0 Å². The number of benzene rings is 1. The van der Waals surface area contributed by atoms with Crippen LogP contribution in [-0.2, 0) is 16.0 Å². The van der Waals surface area contributed by atoms with Gasteiger partial charge in [-0.05, 0) is 39.2 Å². The zero-order chi connectivity index (χ0) is 15.9. The van der Waals surface area contributed by atoms with Crippen LogP contribution in [0.25, 0.3) is 0 Å². The van der Waals surface area contributed by atoms with E-state index < -0.39 is 17.4 Å². The van der Waals surface area contributed by atoms with Gasteiger partial charge >= 0.3 is 11.8 Å². The van der Waals surface area contributed by atoms with Crippen LogP contribution in [0.3, 0.4) is 0 Å². The van der Waals surface area contributed by atoms with Crippen molar-refractivity contribution in [3.8, 4) is 0 Å². The number of aliphatic hydroxyl groups is 1. The van der Waals surface area contributed by atoms with Crippen molar-refractivity contribution in [1.29, 1.82) is 0 Å². The van der Waals surface area contributed by atoms with Crippen LogP contribution < -0.4 is 10.6 Å². The SMILES string of the molecule is CC(C)NC(=O)C(=O)NCC(C)(O)CCc1ccccc1. The third kappa shape index (κ3) is 6.90. The molecule has 0 heterocycles. The van der Waals surface area contributed by atoms with Gasteiger partial charge in [0, 0.05) is 12.6 Å². The third-order valence-corrected chi connectivity index (χ3v) is 3.05. The van der Waals surface area contributed by atoms with E-state index in [9.17, 15) is 14.7 Å². The number of amides is 2. The fourth-order valence-corrected chi connectivity index (χ4v) is 1.83. The number of carbonyl (C=O) groups is 2. The first-order valence-corrected chi connectivity index (χ1v) is 7.15. The number of nitrogens with one attached hydrogen (secondary N) is 2. The molecule has 0 fully saturated rings. The molecule has 0 aliphatic rings. The molecule has 116 valence electrons. The van der Waals surface area contributed by atoms with E-state index in [0.29, 0.717) is 12.8 Å². The Morgan fingerprint density at radius 1 is 1.19 bits per heavy atom. The maximum Gasteiger partial charge on any atom is 0.309 e. The van der Waals surface area contributed by atoms with Crippen molar-refractivity contribution in [3.63, 3.8) is 0 Å². The van der Waals surface area contributed by atoms with Gasteiger partial charge in [-0.25, -0.2) is 0 Å². The van der Waals surface area contributed by atoms with Crippen LogP contribution in [0.2, 0.25) is 0 Å². The van der Waals surface area contributed by atoms with E-state index in [2.05, 4.69) is 10.6 Å². The molecule has 21 heavy (non-hydrogen) atoms. The quantitative estimate of drug-likeness (QED) is 0.685. The van der Waals surface area contributed by atoms with Gasteiger partial charge in [-0.3, -0.25) is 9.59 Å². The Hall–Kier alpha value is -1.88. The number of hydrogen-bond acceptors (Lipinski definition) is 3. The Kier molecular flexibility index (Phi) is 6.37. The Bertz CT molecular complexity index is 470. The van der Waals surface area contributed by atoms with Crippen molar-refractivity contribution in [2.24, 2.45) is 0 Å². The molecule has 0 saturated heterocycles. The van der Waals surface area contributed by atoms with E-state index >= 15 is 0 Å². The van der Waals surface area contributed by atoms with Gasteiger partial charge < -0.3 is 15.7 Å². The second kappa shape index (κ2) is 7.78. The zero-order valence-electron chi connectivity index (χ0n) is 12.8. The van der Waals surface area contributed by atoms with Crippen molar-refractivity contribution < 1.29 is 14.7 Å². The first-order chi connectivity index (χ1) is 9.80. The summed E-state index contributed by atoms with van der Waals surface area (Å²) >= 11 is 0. The van der Waals surface area contributed by atoms with Crippen molar-refractivity contribution in [2.75, 3.05) is 6.54 Å². The predicted molar refractivity (Wildman–Crippen MR) is 81.7 cm³/mol. The molecule has 1 aromatic carbocycles. The highest BCUT2D eigenvalue weighted by atomic mass is 16.3. The molecule has 1 unspecified atom stereocenters. The molecule has 5 nitrogen and oxygen atoms in total. The molecule has 0 bridgehead atoms. The maximum absolute atomic E-state index is 11.6. The molecule has 0 spiro atoms. The molecule has 3 N–H and O–H groups in total. The van der Waals surface area contributed by atoms with Gasteiger partial charge in [0.05, 0.1) is 5.60 Å². The summed E-state index contributed by atoms with van der Waals surface area (Å²) < 4.78 is 0. The zero-order valence-corrected chi connectivity index (χ0v) is 12.8. The monoisotopic (exact) mass is 292 g/mol. The van der Waals surface area contributed by atoms with E-state index in [-0.39, 0.29) is 12.6 Å². The smallest absolute Gasteiger partial charge is 0.309 e. The Morgan fingerprint density at radius 2 is 1.81 bits per heavy atom. The standard InChI is InChI=1S/C16H24N2O3/c1-12(2)18-15(20)14(19)17-11-16(3,21)10-9-13-7-5-4-6-8-13/h4-8,12,21H,9-11H2,1-3H3,(H,17,19)(H,18,20). The lowest BCUT2D eigenvalue weighted by Crippen LogP contribution is -2.47. The molecule has 5 heteroatoms. The Morgan fingerprint density at radius 3 is 2.38 bits per heavy atom. The highest BCUT2D eigenvalue weighted by Crippen LogP contribution is 2.13. The lowest BCUT2D eigenvalue weighted by molar-refractivity contribution is -0.140. The molecule has 2 amide bonds. The maximum atomic E-state index is 11.6. The molecule has 1 aromatic rings. The summed E-state index contributed by atoms with van der Waals surface area (Å²) in [7, 11) is 0. The van der Waals surface area contributed by atoms with Crippen LogP contribution in [-0.4, -0.2) is 35.1 Å². The first kappa shape index (κ1) is 17.2. The molecule has 0 saturated carbocycles. The molecule has 0 radical (unpaired) electrons. The van der Waals surface area contributed by atoms with E-state index in [1.54, 1.807) is 20.8 Å². The topological polar surface area (TPSA) is 78.4 Å². The minimum Gasteiger partial charge on any atom is -0.388 e. The van der Waals surface area contributed by atoms with E-state index in [0.717, 1.165) is 5.56 Å². The van der Waals surface area contributed by atoms with Crippen LogP contribution in [0, 0.1) is 0 Å². The lowest BCUT2D eigenvalue weighted by Gasteiger charge is -2.23. The lowest BCUT2D eigenvalue weighted by atomic mass is 9.97. The van der Waals surface area contributed by atoms with Crippen LogP contribution >= 0.6 is 0 Å². The molecule has 1 rings (SSSR count). The number of carbonyl (C=O) groups excluding carboxylic acids is 2. The summed E-state index contributed by atoms with van der Waals surface area (Å²) in [5.41, 5.74) is 0.0746. The fourth-order valence-electron chi connectivity index (χ4n) is 1.83. The average molecular weight is 292 g/mol. The van der Waals surface area contributed by atoms with Gasteiger partial charge in [0.15, 0.2) is 0 Å². The number of rotatable bonds is 6. The van der Waals surface area contributed by atoms with Crippen LogP contribution in [0.1, 0.15) is 32.8 Å². The first-order valence-electron chi connectivity index (χ1n) is 7.15. The largest absolute Gasteiger partial charge is 0.388 e. The summed E-state index contributed by atoms with van der Waals surface area (Å²) in [6.07, 6.45) is 1.21. The van der Waals surface area contributed by atoms with E-state index in [4.69, 9.17) is 0 Å². The van der Waals surface area contributed by atoms with Gasteiger partial charge in [-0.15, -0.1) is 0 Å². The molecule has 0 aromatic heterocycles. The van der Waals surface area contributed by atoms with E-state index in [1.807, 2.05) is 30.3 Å². The molecule has 1 atom stereocenters. The summed E-state index contributed by atoms with van der Waals surface area (Å²) in [6.45, 7) is 5.25. The summed E-state index contributed by atoms with van der Waals surface area (Å²) in [4.78, 5) is 23.0. The number of aryl methyl sites for hydroxylation is 1. The Labute approximate surface area is 125 Å². The van der Waals surface area contributed by atoms with Crippen LogP contribution in [0.5, 0.6) is 0 Å². The van der Waals surface area contributed by atoms with Crippen molar-refractivity contribution in [2.45, 2.75) is 45.3 Å². The van der Waals surface area contributed by atoms with E-state index in [1.165, 1.54) is 0 Å². The van der Waals surface area contributed by atoms with Gasteiger partial charge in [-0.2, -0.15) is 0 Å². The van der Waals surface area contributed by atoms with Gasteiger partial charge in [-0.1, -0.05) is 30.3 Å². The Balaban J connectivity index is 2.38. The average Bonchev–Trinajstić information content (AvgIpc) is 2.43. The van der Waals surface area contributed by atoms with Gasteiger partial charge in [0.1, 0.15) is 0 Å². The normalized spacial score (nSPS) is 13.6. The number of hydrogen-bond donors (Lipinski definition) is 3. The highest BCUT2D eigenvalue weighted by molar-refractivity contribution is 6.35. The predicted octanol–water partition coefficient (Wildman–Crippen LogP) is 1.01. The minimum atomic E-state index is -1.05. The van der Waals surface area contributed by atoms with Crippen LogP contribution in [0.4, 0.5) is 0 Å². The molecule has 0 aliphatic carbocycles. The molecule has 0 aliphatic heterocycles. The second-order valence-electron chi connectivity index (χ2n) is 5.79. The van der Waals surface area contributed by atoms with Crippen molar-refractivity contribution >= 4 is 11.8 Å². The fraction of sp³-hybridized carbons (Fsp3) is 0.500.